The number of nitrogens with zero attached hydrogens (tertiary/aromatic N) is 5. The Kier molecular flexibility index (Phi) is 5.85. The zero-order valence-corrected chi connectivity index (χ0v) is 15.4. The molecule has 0 bridgehead atoms. The minimum Gasteiger partial charge on any atom is -0.356 e. The quantitative estimate of drug-likeness (QED) is 0.507. The van der Waals surface area contributed by atoms with E-state index in [4.69, 9.17) is 16.1 Å². The summed E-state index contributed by atoms with van der Waals surface area (Å²) in [5.41, 5.74) is 1.89. The van der Waals surface area contributed by atoms with Gasteiger partial charge >= 0.3 is 0 Å². The summed E-state index contributed by atoms with van der Waals surface area (Å²) in [5, 5.41) is 15.2. The number of benzene rings is 1. The monoisotopic (exact) mass is 373 g/mol. The Bertz CT molecular complexity index is 887. The van der Waals surface area contributed by atoms with Crippen LogP contribution >= 0.6 is 11.6 Å². The van der Waals surface area contributed by atoms with Gasteiger partial charge in [-0.15, -0.1) is 0 Å². The molecule has 2 aromatic heterocycles. The van der Waals surface area contributed by atoms with Crippen LogP contribution < -0.4 is 10.6 Å². The minimum atomic E-state index is 0.529. The fourth-order valence-electron chi connectivity index (χ4n) is 2.36. The maximum absolute atomic E-state index is 5.99. The highest BCUT2D eigenvalue weighted by molar-refractivity contribution is 6.30. The predicted octanol–water partition coefficient (Wildman–Crippen LogP) is 2.03. The summed E-state index contributed by atoms with van der Waals surface area (Å²) in [4.78, 5) is 8.59. The molecule has 0 fully saturated rings. The summed E-state index contributed by atoms with van der Waals surface area (Å²) in [6, 6.07) is 9.31. The molecule has 2 N–H and O–H groups in total. The molecule has 0 saturated carbocycles. The molecule has 3 aromatic rings. The minimum absolute atomic E-state index is 0.529. The summed E-state index contributed by atoms with van der Waals surface area (Å²) in [6.45, 7) is 1.25. The van der Waals surface area contributed by atoms with E-state index in [0.29, 0.717) is 42.2 Å². The Morgan fingerprint density at radius 3 is 2.92 bits per heavy atom. The van der Waals surface area contributed by atoms with Gasteiger partial charge in [-0.05, 0) is 18.2 Å². The van der Waals surface area contributed by atoms with E-state index in [2.05, 4.69) is 30.9 Å². The van der Waals surface area contributed by atoms with E-state index in [-0.39, 0.29) is 0 Å². The number of guanidine groups is 1. The van der Waals surface area contributed by atoms with Gasteiger partial charge in [-0.2, -0.15) is 10.1 Å². The Labute approximate surface area is 156 Å². The largest absolute Gasteiger partial charge is 0.356 e. The van der Waals surface area contributed by atoms with E-state index in [1.54, 1.807) is 25.4 Å². The van der Waals surface area contributed by atoms with Crippen LogP contribution in [0, 0.1) is 0 Å². The van der Waals surface area contributed by atoms with Crippen LogP contribution in [0.25, 0.3) is 11.4 Å². The molecule has 0 atom stereocenters. The van der Waals surface area contributed by atoms with Crippen molar-refractivity contribution < 1.29 is 4.52 Å². The van der Waals surface area contributed by atoms with E-state index in [9.17, 15) is 0 Å². The molecule has 9 heteroatoms. The van der Waals surface area contributed by atoms with Crippen LogP contribution in [0.4, 0.5) is 0 Å². The van der Waals surface area contributed by atoms with E-state index in [0.717, 1.165) is 11.3 Å². The smallest absolute Gasteiger partial charge is 0.228 e. The Hall–Kier alpha value is -2.87. The number of hydrogen-bond acceptors (Lipinski definition) is 5. The average Bonchev–Trinajstić information content (AvgIpc) is 3.27. The molecule has 0 aliphatic carbocycles. The molecule has 136 valence electrons. The van der Waals surface area contributed by atoms with Crippen molar-refractivity contribution in [3.63, 3.8) is 0 Å². The zero-order chi connectivity index (χ0) is 18.4. The van der Waals surface area contributed by atoms with Gasteiger partial charge in [0.1, 0.15) is 0 Å². The number of rotatable bonds is 6. The first-order valence-corrected chi connectivity index (χ1v) is 8.53. The van der Waals surface area contributed by atoms with Crippen LogP contribution in [0.15, 0.2) is 46.0 Å². The van der Waals surface area contributed by atoms with Crippen LogP contribution in [-0.4, -0.2) is 39.5 Å². The third-order valence-corrected chi connectivity index (χ3v) is 4.00. The van der Waals surface area contributed by atoms with Crippen LogP contribution in [0.5, 0.6) is 0 Å². The third kappa shape index (κ3) is 4.60. The molecule has 2 heterocycles. The van der Waals surface area contributed by atoms with Gasteiger partial charge in [0.2, 0.25) is 11.7 Å². The lowest BCUT2D eigenvalue weighted by Gasteiger charge is -2.11. The van der Waals surface area contributed by atoms with E-state index >= 15 is 0 Å². The number of halogens is 1. The van der Waals surface area contributed by atoms with Crippen molar-refractivity contribution in [2.75, 3.05) is 13.6 Å². The van der Waals surface area contributed by atoms with Gasteiger partial charge in [0.05, 0.1) is 12.2 Å². The van der Waals surface area contributed by atoms with E-state index < -0.39 is 0 Å². The molecule has 0 spiro atoms. The molecule has 26 heavy (non-hydrogen) atoms. The molecule has 0 aliphatic rings. The highest BCUT2D eigenvalue weighted by Gasteiger charge is 2.09. The van der Waals surface area contributed by atoms with Gasteiger partial charge in [-0.25, -0.2) is 0 Å². The fourth-order valence-corrected chi connectivity index (χ4v) is 2.55. The fraction of sp³-hybridized carbons (Fsp3) is 0.294. The number of aliphatic imine (C=N–C) groups is 1. The molecule has 0 saturated heterocycles. The normalized spacial score (nSPS) is 11.6. The topological polar surface area (TPSA) is 93.2 Å². The van der Waals surface area contributed by atoms with Gasteiger partial charge in [-0.3, -0.25) is 9.67 Å². The summed E-state index contributed by atoms with van der Waals surface area (Å²) < 4.78 is 7.11. The van der Waals surface area contributed by atoms with E-state index in [1.165, 1.54) is 0 Å². The van der Waals surface area contributed by atoms with Gasteiger partial charge in [0.25, 0.3) is 0 Å². The lowest BCUT2D eigenvalue weighted by Crippen LogP contribution is -2.38. The number of nitrogens with one attached hydrogen (secondary N) is 2. The van der Waals surface area contributed by atoms with Crippen LogP contribution in [0.1, 0.15) is 11.6 Å². The van der Waals surface area contributed by atoms with Crippen molar-refractivity contribution in [2.45, 2.75) is 13.0 Å². The first-order chi connectivity index (χ1) is 12.7. The standard InChI is InChI=1S/C17H20ClN7O/c1-19-17(21-11-14-6-9-22-25(14)2)20-8-7-15-23-16(24-26-15)12-4-3-5-13(18)10-12/h3-6,9-10H,7-8,11H2,1-2H3,(H2,19,20,21). The number of hydrogen-bond donors (Lipinski definition) is 2. The SMILES string of the molecule is CN=C(NCCc1nc(-c2cccc(Cl)c2)no1)NCc1ccnn1C. The lowest BCUT2D eigenvalue weighted by atomic mass is 10.2. The second-order valence-corrected chi connectivity index (χ2v) is 6.01. The summed E-state index contributed by atoms with van der Waals surface area (Å²) >= 11 is 5.99. The zero-order valence-electron chi connectivity index (χ0n) is 14.6. The van der Waals surface area contributed by atoms with Gasteiger partial charge in [0, 0.05) is 43.8 Å². The predicted molar refractivity (Wildman–Crippen MR) is 99.9 cm³/mol. The molecule has 3 rings (SSSR count). The van der Waals surface area contributed by atoms with Gasteiger partial charge < -0.3 is 15.2 Å². The molecule has 0 amide bonds. The van der Waals surface area contributed by atoms with E-state index in [1.807, 2.05) is 29.9 Å². The molecule has 0 aliphatic heterocycles. The maximum Gasteiger partial charge on any atom is 0.228 e. The van der Waals surface area contributed by atoms with Gasteiger partial charge in [0.15, 0.2) is 5.96 Å². The van der Waals surface area contributed by atoms with Crippen LogP contribution in [-0.2, 0) is 20.0 Å². The summed E-state index contributed by atoms with van der Waals surface area (Å²) in [7, 11) is 3.63. The molecule has 8 nitrogen and oxygen atoms in total. The van der Waals surface area contributed by atoms with Gasteiger partial charge in [-0.1, -0.05) is 28.9 Å². The Balaban J connectivity index is 1.49. The maximum atomic E-state index is 5.99. The number of aromatic nitrogens is 4. The first-order valence-electron chi connectivity index (χ1n) is 8.15. The third-order valence-electron chi connectivity index (χ3n) is 3.77. The van der Waals surface area contributed by atoms with Crippen molar-refractivity contribution in [1.29, 1.82) is 0 Å². The molecular formula is C17H20ClN7O. The lowest BCUT2D eigenvalue weighted by molar-refractivity contribution is 0.378. The highest BCUT2D eigenvalue weighted by atomic mass is 35.5. The van der Waals surface area contributed by atoms with Crippen molar-refractivity contribution >= 4 is 17.6 Å². The first kappa shape index (κ1) is 17.9. The summed E-state index contributed by atoms with van der Waals surface area (Å²) in [5.74, 6) is 1.77. The Morgan fingerprint density at radius 2 is 2.19 bits per heavy atom. The van der Waals surface area contributed by atoms with Crippen molar-refractivity contribution in [1.82, 2.24) is 30.6 Å². The summed E-state index contributed by atoms with van der Waals surface area (Å²) in [6.07, 6.45) is 2.35. The second kappa shape index (κ2) is 8.48. The highest BCUT2D eigenvalue weighted by Crippen LogP contribution is 2.19. The number of aryl methyl sites for hydroxylation is 1. The van der Waals surface area contributed by atoms with Crippen LogP contribution in [0.3, 0.4) is 0 Å². The van der Waals surface area contributed by atoms with Crippen LogP contribution in [0.2, 0.25) is 5.02 Å². The second-order valence-electron chi connectivity index (χ2n) is 5.57. The average molecular weight is 374 g/mol. The molecule has 0 radical (unpaired) electrons. The van der Waals surface area contributed by atoms with Crippen molar-refractivity contribution in [3.8, 4) is 11.4 Å². The Morgan fingerprint density at radius 1 is 1.31 bits per heavy atom. The molecule has 0 unspecified atom stereocenters. The van der Waals surface area contributed by atoms with Crippen molar-refractivity contribution in [2.24, 2.45) is 12.0 Å². The molecular weight excluding hydrogens is 354 g/mol. The molecule has 1 aromatic carbocycles. The van der Waals surface area contributed by atoms with Crippen molar-refractivity contribution in [3.05, 3.63) is 53.1 Å².